The van der Waals surface area contributed by atoms with Gasteiger partial charge in [-0.25, -0.2) is 0 Å². The molecule has 4 aromatic rings. The van der Waals surface area contributed by atoms with Crippen LogP contribution in [0.1, 0.15) is 5.69 Å². The summed E-state index contributed by atoms with van der Waals surface area (Å²) in [4.78, 5) is 29.3. The van der Waals surface area contributed by atoms with Gasteiger partial charge in [0.2, 0.25) is 5.91 Å². The van der Waals surface area contributed by atoms with Crippen LogP contribution < -0.4 is 10.7 Å². The SMILES string of the molecule is Cc1cc(NC(=O)Cn2ccc(=O)c3cc(Cl)ccc32)c2cc(Cl)ccc2n1. The van der Waals surface area contributed by atoms with Gasteiger partial charge in [0.15, 0.2) is 5.43 Å². The van der Waals surface area contributed by atoms with Crippen molar-refractivity contribution in [3.8, 4) is 0 Å². The van der Waals surface area contributed by atoms with Gasteiger partial charge in [-0.1, -0.05) is 23.2 Å². The molecule has 28 heavy (non-hydrogen) atoms. The number of nitrogens with one attached hydrogen (secondary N) is 1. The van der Waals surface area contributed by atoms with Gasteiger partial charge in [-0.15, -0.1) is 0 Å². The van der Waals surface area contributed by atoms with Gasteiger partial charge in [0.05, 0.1) is 16.7 Å². The van der Waals surface area contributed by atoms with Crippen LogP contribution in [0.4, 0.5) is 5.69 Å². The number of amides is 1. The molecule has 0 unspecified atom stereocenters. The first kappa shape index (κ1) is 18.5. The van der Waals surface area contributed by atoms with E-state index in [0.717, 1.165) is 16.6 Å². The lowest BCUT2D eigenvalue weighted by molar-refractivity contribution is -0.116. The first-order valence-corrected chi connectivity index (χ1v) is 9.32. The number of carbonyl (C=O) groups excluding carboxylic acids is 1. The molecule has 0 saturated carbocycles. The number of hydrogen-bond acceptors (Lipinski definition) is 3. The smallest absolute Gasteiger partial charge is 0.244 e. The molecule has 0 atom stereocenters. The average molecular weight is 412 g/mol. The van der Waals surface area contributed by atoms with Gasteiger partial charge < -0.3 is 9.88 Å². The maximum atomic E-state index is 12.7. The summed E-state index contributed by atoms with van der Waals surface area (Å²) < 4.78 is 1.71. The Labute approximate surface area is 170 Å². The number of rotatable bonds is 3. The zero-order valence-electron chi connectivity index (χ0n) is 14.9. The molecule has 2 aromatic carbocycles. The Morgan fingerprint density at radius 2 is 1.75 bits per heavy atom. The van der Waals surface area contributed by atoms with E-state index in [4.69, 9.17) is 23.2 Å². The lowest BCUT2D eigenvalue weighted by atomic mass is 10.1. The minimum atomic E-state index is -0.230. The van der Waals surface area contributed by atoms with Gasteiger partial charge in [-0.2, -0.15) is 0 Å². The molecule has 4 rings (SSSR count). The van der Waals surface area contributed by atoms with Crippen LogP contribution in [-0.2, 0) is 11.3 Å². The Morgan fingerprint density at radius 3 is 2.54 bits per heavy atom. The van der Waals surface area contributed by atoms with E-state index in [2.05, 4.69) is 10.3 Å². The summed E-state index contributed by atoms with van der Waals surface area (Å²) in [6.45, 7) is 1.91. The van der Waals surface area contributed by atoms with E-state index in [0.29, 0.717) is 26.6 Å². The number of anilines is 1. The minimum absolute atomic E-state index is 0.0435. The molecule has 2 aromatic heterocycles. The molecular weight excluding hydrogens is 397 g/mol. The summed E-state index contributed by atoms with van der Waals surface area (Å²) in [6, 6.07) is 13.6. The molecule has 0 bridgehead atoms. The van der Waals surface area contributed by atoms with Crippen LogP contribution in [0.5, 0.6) is 0 Å². The number of aromatic nitrogens is 2. The molecule has 0 radical (unpaired) electrons. The van der Waals surface area contributed by atoms with Crippen LogP contribution in [0, 0.1) is 6.92 Å². The van der Waals surface area contributed by atoms with Crippen molar-refractivity contribution in [1.29, 1.82) is 0 Å². The van der Waals surface area contributed by atoms with E-state index in [1.807, 2.05) is 13.0 Å². The van der Waals surface area contributed by atoms with Gasteiger partial charge >= 0.3 is 0 Å². The lowest BCUT2D eigenvalue weighted by Crippen LogP contribution is -2.20. The van der Waals surface area contributed by atoms with Crippen molar-refractivity contribution in [3.63, 3.8) is 0 Å². The molecule has 0 saturated heterocycles. The number of fused-ring (bicyclic) bond motifs is 2. The maximum Gasteiger partial charge on any atom is 0.244 e. The molecule has 1 N–H and O–H groups in total. The van der Waals surface area contributed by atoms with Crippen molar-refractivity contribution in [2.24, 2.45) is 0 Å². The quantitative estimate of drug-likeness (QED) is 0.526. The number of pyridine rings is 2. The van der Waals surface area contributed by atoms with E-state index >= 15 is 0 Å². The van der Waals surface area contributed by atoms with Crippen molar-refractivity contribution in [1.82, 2.24) is 9.55 Å². The summed E-state index contributed by atoms with van der Waals surface area (Å²) >= 11 is 12.1. The molecule has 0 fully saturated rings. The standard InChI is InChI=1S/C21H15Cl2N3O2/c1-12-8-18(15-9-13(22)2-4-17(15)24-12)25-21(28)11-26-7-6-20(27)16-10-14(23)3-5-19(16)26/h2-10H,11H2,1H3,(H,24,25,28). The van der Waals surface area contributed by atoms with Crippen molar-refractivity contribution >= 4 is 56.6 Å². The highest BCUT2D eigenvalue weighted by Crippen LogP contribution is 2.26. The maximum absolute atomic E-state index is 12.7. The predicted molar refractivity (Wildman–Crippen MR) is 113 cm³/mol. The molecule has 0 spiro atoms. The van der Waals surface area contributed by atoms with Crippen molar-refractivity contribution < 1.29 is 4.79 Å². The number of nitrogens with zero attached hydrogens (tertiary/aromatic N) is 2. The third kappa shape index (κ3) is 3.59. The number of carbonyl (C=O) groups is 1. The summed E-state index contributed by atoms with van der Waals surface area (Å²) in [5.41, 5.74) is 2.69. The zero-order chi connectivity index (χ0) is 19.8. The van der Waals surface area contributed by atoms with E-state index in [1.165, 1.54) is 6.07 Å². The molecule has 0 aliphatic rings. The molecule has 0 aliphatic heterocycles. The summed E-state index contributed by atoms with van der Waals surface area (Å²) in [5, 5.41) is 5.21. The fourth-order valence-electron chi connectivity index (χ4n) is 3.20. The van der Waals surface area contributed by atoms with Crippen LogP contribution in [0.15, 0.2) is 59.5 Å². The number of hydrogen-bond donors (Lipinski definition) is 1. The third-order valence-electron chi connectivity index (χ3n) is 4.43. The van der Waals surface area contributed by atoms with Gasteiger partial charge in [-0.3, -0.25) is 14.6 Å². The molecule has 1 amide bonds. The molecule has 140 valence electrons. The Hall–Kier alpha value is -2.89. The summed E-state index contributed by atoms with van der Waals surface area (Å²) in [7, 11) is 0. The minimum Gasteiger partial charge on any atom is -0.338 e. The second kappa shape index (κ2) is 7.26. The predicted octanol–water partition coefficient (Wildman–Crippen LogP) is 4.80. The Balaban J connectivity index is 1.69. The van der Waals surface area contributed by atoms with Crippen LogP contribution in [0.25, 0.3) is 21.8 Å². The number of halogens is 2. The van der Waals surface area contributed by atoms with Crippen molar-refractivity contribution in [3.05, 3.63) is 80.7 Å². The van der Waals surface area contributed by atoms with E-state index in [1.54, 1.807) is 47.2 Å². The highest BCUT2D eigenvalue weighted by molar-refractivity contribution is 6.31. The highest BCUT2D eigenvalue weighted by Gasteiger charge is 2.11. The second-order valence-corrected chi connectivity index (χ2v) is 7.36. The summed E-state index contributed by atoms with van der Waals surface area (Å²) in [6.07, 6.45) is 1.60. The van der Waals surface area contributed by atoms with E-state index in [-0.39, 0.29) is 17.9 Å². The fourth-order valence-corrected chi connectivity index (χ4v) is 3.54. The summed E-state index contributed by atoms with van der Waals surface area (Å²) in [5.74, 6) is -0.230. The first-order chi connectivity index (χ1) is 13.4. The molecule has 5 nitrogen and oxygen atoms in total. The lowest BCUT2D eigenvalue weighted by Gasteiger charge is -2.13. The van der Waals surface area contributed by atoms with Crippen LogP contribution in [0.2, 0.25) is 10.0 Å². The molecule has 7 heteroatoms. The molecule has 2 heterocycles. The Morgan fingerprint density at radius 1 is 1.04 bits per heavy atom. The third-order valence-corrected chi connectivity index (χ3v) is 4.90. The van der Waals surface area contributed by atoms with Gasteiger partial charge in [0.1, 0.15) is 6.54 Å². The van der Waals surface area contributed by atoms with Crippen LogP contribution in [-0.4, -0.2) is 15.5 Å². The first-order valence-electron chi connectivity index (χ1n) is 8.56. The Bertz CT molecular complexity index is 1300. The average Bonchev–Trinajstić information content (AvgIpc) is 2.65. The van der Waals surface area contributed by atoms with E-state index in [9.17, 15) is 9.59 Å². The van der Waals surface area contributed by atoms with Gasteiger partial charge in [0, 0.05) is 38.8 Å². The van der Waals surface area contributed by atoms with Crippen LogP contribution >= 0.6 is 23.2 Å². The fraction of sp³-hybridized carbons (Fsp3) is 0.0952. The monoisotopic (exact) mass is 411 g/mol. The van der Waals surface area contributed by atoms with Gasteiger partial charge in [-0.05, 0) is 49.4 Å². The molecule has 0 aliphatic carbocycles. The second-order valence-electron chi connectivity index (χ2n) is 6.49. The topological polar surface area (TPSA) is 64.0 Å². The van der Waals surface area contributed by atoms with E-state index < -0.39 is 0 Å². The van der Waals surface area contributed by atoms with Crippen molar-refractivity contribution in [2.45, 2.75) is 13.5 Å². The normalized spacial score (nSPS) is 11.1. The molecular formula is C21H15Cl2N3O2. The Kier molecular flexibility index (Phi) is 4.79. The van der Waals surface area contributed by atoms with Crippen molar-refractivity contribution in [2.75, 3.05) is 5.32 Å². The number of aryl methyl sites for hydroxylation is 1. The highest BCUT2D eigenvalue weighted by atomic mass is 35.5. The largest absolute Gasteiger partial charge is 0.338 e. The van der Waals surface area contributed by atoms with Gasteiger partial charge in [0.25, 0.3) is 0 Å². The zero-order valence-corrected chi connectivity index (χ0v) is 16.4. The number of benzene rings is 2. The van der Waals surface area contributed by atoms with Crippen LogP contribution in [0.3, 0.4) is 0 Å².